The van der Waals surface area contributed by atoms with Crippen molar-refractivity contribution in [2.45, 2.75) is 27.2 Å². The molecule has 0 aliphatic carbocycles. The van der Waals surface area contributed by atoms with Crippen molar-refractivity contribution in [2.24, 2.45) is 0 Å². The van der Waals surface area contributed by atoms with Gasteiger partial charge in [-0.05, 0) is 55.7 Å². The fraction of sp³-hybridized carbons (Fsp3) is 0.333. The molecule has 0 heterocycles. The molecule has 0 saturated heterocycles. The number of rotatable bonds is 7. The highest BCUT2D eigenvalue weighted by atomic mass is 35.5. The third-order valence-corrected chi connectivity index (χ3v) is 4.54. The summed E-state index contributed by atoms with van der Waals surface area (Å²) in [6.45, 7) is 6.56. The molecule has 2 aromatic carbocycles. The molecule has 0 unspecified atom stereocenters. The first-order valence-corrected chi connectivity index (χ1v) is 9.15. The Morgan fingerprint density at radius 2 is 1.77 bits per heavy atom. The smallest absolute Gasteiger partial charge is 0.246 e. The Balaban J connectivity index is 2.04. The summed E-state index contributed by atoms with van der Waals surface area (Å²) in [6, 6.07) is 15.4. The molecule has 2 amide bonds. The summed E-state index contributed by atoms with van der Waals surface area (Å²) in [5.41, 5.74) is 3.04. The first-order valence-electron chi connectivity index (χ1n) is 8.77. The van der Waals surface area contributed by atoms with Crippen LogP contribution in [0.15, 0.2) is 48.5 Å². The maximum Gasteiger partial charge on any atom is 0.246 e. The maximum atomic E-state index is 12.8. The van der Waals surface area contributed by atoms with Gasteiger partial charge < -0.3 is 9.80 Å². The molecule has 4 nitrogen and oxygen atoms in total. The van der Waals surface area contributed by atoms with Crippen molar-refractivity contribution in [3.63, 3.8) is 0 Å². The van der Waals surface area contributed by atoms with Gasteiger partial charge in [-0.3, -0.25) is 9.59 Å². The van der Waals surface area contributed by atoms with Gasteiger partial charge in [0.25, 0.3) is 0 Å². The molecular formula is C21H25ClN2O2. The van der Waals surface area contributed by atoms with Gasteiger partial charge >= 0.3 is 0 Å². The number of hydrogen-bond donors (Lipinski definition) is 0. The summed E-state index contributed by atoms with van der Waals surface area (Å²) < 4.78 is 0. The topological polar surface area (TPSA) is 40.6 Å². The molecule has 0 aliphatic heterocycles. The number of halogens is 1. The molecule has 0 N–H and O–H groups in total. The van der Waals surface area contributed by atoms with Gasteiger partial charge in [-0.1, -0.05) is 35.9 Å². The van der Waals surface area contributed by atoms with Crippen LogP contribution in [0, 0.1) is 6.92 Å². The Kier molecular flexibility index (Phi) is 7.22. The summed E-state index contributed by atoms with van der Waals surface area (Å²) in [5.74, 6) is -0.183. The summed E-state index contributed by atoms with van der Waals surface area (Å²) in [4.78, 5) is 28.1. The largest absolute Gasteiger partial charge is 0.333 e. The van der Waals surface area contributed by atoms with E-state index in [2.05, 4.69) is 0 Å². The Bertz CT molecular complexity index is 759. The highest BCUT2D eigenvalue weighted by Gasteiger charge is 2.19. The average Bonchev–Trinajstić information content (AvgIpc) is 2.60. The molecule has 2 aromatic rings. The Morgan fingerprint density at radius 1 is 1.08 bits per heavy atom. The molecule has 0 aliphatic rings. The number of amides is 2. The fourth-order valence-corrected chi connectivity index (χ4v) is 2.94. The van der Waals surface area contributed by atoms with Crippen LogP contribution in [0.2, 0.25) is 5.02 Å². The minimum Gasteiger partial charge on any atom is -0.333 e. The first-order chi connectivity index (χ1) is 12.4. The van der Waals surface area contributed by atoms with Crippen molar-refractivity contribution in [1.82, 2.24) is 4.90 Å². The molecule has 0 bridgehead atoms. The zero-order chi connectivity index (χ0) is 19.1. The van der Waals surface area contributed by atoms with Crippen LogP contribution in [0.1, 0.15) is 25.0 Å². The van der Waals surface area contributed by atoms with Crippen molar-refractivity contribution in [3.8, 4) is 0 Å². The van der Waals surface area contributed by atoms with Gasteiger partial charge in [0.15, 0.2) is 0 Å². The molecule has 2 rings (SSSR count). The summed E-state index contributed by atoms with van der Waals surface area (Å²) in [5, 5.41) is 0.684. The highest BCUT2D eigenvalue weighted by molar-refractivity contribution is 6.30. The first kappa shape index (κ1) is 20.0. The van der Waals surface area contributed by atoms with Crippen molar-refractivity contribution >= 4 is 29.1 Å². The van der Waals surface area contributed by atoms with Gasteiger partial charge in [0.05, 0.1) is 0 Å². The van der Waals surface area contributed by atoms with E-state index in [0.717, 1.165) is 16.8 Å². The van der Waals surface area contributed by atoms with Gasteiger partial charge in [-0.2, -0.15) is 0 Å². The van der Waals surface area contributed by atoms with Crippen LogP contribution < -0.4 is 4.90 Å². The number of hydrogen-bond acceptors (Lipinski definition) is 2. The van der Waals surface area contributed by atoms with Crippen LogP contribution in [0.4, 0.5) is 5.69 Å². The van der Waals surface area contributed by atoms with E-state index in [-0.39, 0.29) is 18.4 Å². The van der Waals surface area contributed by atoms with E-state index in [9.17, 15) is 9.59 Å². The van der Waals surface area contributed by atoms with Gasteiger partial charge in [0.1, 0.15) is 6.54 Å². The Hall–Kier alpha value is -2.33. The van der Waals surface area contributed by atoms with E-state index in [4.69, 9.17) is 11.6 Å². The Morgan fingerprint density at radius 3 is 2.35 bits per heavy atom. The minimum atomic E-state index is -0.104. The van der Waals surface area contributed by atoms with Crippen molar-refractivity contribution in [1.29, 1.82) is 0 Å². The quantitative estimate of drug-likeness (QED) is 0.734. The fourth-order valence-electron chi connectivity index (χ4n) is 2.81. The number of carbonyl (C=O) groups is 2. The maximum absolute atomic E-state index is 12.8. The molecular weight excluding hydrogens is 348 g/mol. The predicted octanol–water partition coefficient (Wildman–Crippen LogP) is 4.09. The van der Waals surface area contributed by atoms with Gasteiger partial charge in [-0.15, -0.1) is 0 Å². The molecule has 0 fully saturated rings. The van der Waals surface area contributed by atoms with Crippen LogP contribution in [0.3, 0.4) is 0 Å². The number of carbonyl (C=O) groups excluding carboxylic acids is 2. The van der Waals surface area contributed by atoms with E-state index < -0.39 is 0 Å². The number of aryl methyl sites for hydroxylation is 1. The molecule has 26 heavy (non-hydrogen) atoms. The van der Waals surface area contributed by atoms with Gasteiger partial charge in [-0.25, -0.2) is 0 Å². The van der Waals surface area contributed by atoms with Crippen LogP contribution in [0.5, 0.6) is 0 Å². The van der Waals surface area contributed by atoms with Crippen LogP contribution in [-0.2, 0) is 16.0 Å². The zero-order valence-corrected chi connectivity index (χ0v) is 16.3. The minimum absolute atomic E-state index is 0.0741. The number of likely N-dealkylation sites (N-methyl/N-ethyl adjacent to an activating group) is 1. The standard InChI is InChI=1S/C21H25ClN2O2/c1-4-24(20-7-5-6-16(2)14-20)21(26)15-23(17(3)25)13-12-18-8-10-19(22)11-9-18/h5-11,14H,4,12-13,15H2,1-3H3. The zero-order valence-electron chi connectivity index (χ0n) is 15.5. The van der Waals surface area contributed by atoms with Crippen LogP contribution in [0.25, 0.3) is 0 Å². The van der Waals surface area contributed by atoms with Gasteiger partial charge in [0.2, 0.25) is 11.8 Å². The lowest BCUT2D eigenvalue weighted by Gasteiger charge is -2.26. The van der Waals surface area contributed by atoms with Crippen LogP contribution >= 0.6 is 11.6 Å². The predicted molar refractivity (Wildman–Crippen MR) is 107 cm³/mol. The van der Waals surface area contributed by atoms with Gasteiger partial charge in [0, 0.05) is 30.7 Å². The molecule has 138 valence electrons. The van der Waals surface area contributed by atoms with E-state index in [1.54, 1.807) is 9.80 Å². The van der Waals surface area contributed by atoms with E-state index in [0.29, 0.717) is 24.5 Å². The second-order valence-corrected chi connectivity index (χ2v) is 6.73. The molecule has 0 spiro atoms. The van der Waals surface area contributed by atoms with Crippen molar-refractivity contribution < 1.29 is 9.59 Å². The highest BCUT2D eigenvalue weighted by Crippen LogP contribution is 2.16. The molecule has 0 saturated carbocycles. The number of anilines is 1. The lowest BCUT2D eigenvalue weighted by atomic mass is 10.1. The summed E-state index contributed by atoms with van der Waals surface area (Å²) in [6.07, 6.45) is 0.681. The van der Waals surface area contributed by atoms with E-state index >= 15 is 0 Å². The van der Waals surface area contributed by atoms with Crippen molar-refractivity contribution in [2.75, 3.05) is 24.5 Å². The third-order valence-electron chi connectivity index (χ3n) is 4.29. The second-order valence-electron chi connectivity index (χ2n) is 6.29. The third kappa shape index (κ3) is 5.60. The lowest BCUT2D eigenvalue weighted by Crippen LogP contribution is -2.43. The Labute approximate surface area is 160 Å². The summed E-state index contributed by atoms with van der Waals surface area (Å²) >= 11 is 5.90. The number of benzene rings is 2. The number of nitrogens with zero attached hydrogens (tertiary/aromatic N) is 2. The van der Waals surface area contributed by atoms with Crippen molar-refractivity contribution in [3.05, 3.63) is 64.7 Å². The van der Waals surface area contributed by atoms with E-state index in [1.807, 2.05) is 62.4 Å². The summed E-state index contributed by atoms with van der Waals surface area (Å²) in [7, 11) is 0. The van der Waals surface area contributed by atoms with Crippen LogP contribution in [-0.4, -0.2) is 36.3 Å². The monoisotopic (exact) mass is 372 g/mol. The second kappa shape index (κ2) is 9.39. The normalized spacial score (nSPS) is 10.5. The molecule has 0 aromatic heterocycles. The lowest BCUT2D eigenvalue weighted by molar-refractivity contribution is -0.133. The molecule has 0 atom stereocenters. The molecule has 0 radical (unpaired) electrons. The average molecular weight is 373 g/mol. The molecule has 5 heteroatoms. The SMILES string of the molecule is CCN(C(=O)CN(CCc1ccc(Cl)cc1)C(C)=O)c1cccc(C)c1. The van der Waals surface area contributed by atoms with E-state index in [1.165, 1.54) is 6.92 Å².